The van der Waals surface area contributed by atoms with E-state index in [0.29, 0.717) is 22.3 Å². The Hall–Kier alpha value is -2.58. The molecule has 2 aromatic carbocycles. The fraction of sp³-hybridized carbons (Fsp3) is 0.0556. The van der Waals surface area contributed by atoms with E-state index in [9.17, 15) is 8.78 Å². The molecule has 8 heteroatoms. The fourth-order valence-corrected chi connectivity index (χ4v) is 3.94. The zero-order valence-corrected chi connectivity index (χ0v) is 15.0. The van der Waals surface area contributed by atoms with Crippen LogP contribution >= 0.6 is 23.1 Å². The SMILES string of the molecule is Fc1ccc(-c2nc(CSc3n[nH]c(-c4ccccc4F)n3)cs2)cc1. The summed E-state index contributed by atoms with van der Waals surface area (Å²) < 4.78 is 26.8. The van der Waals surface area contributed by atoms with E-state index < -0.39 is 0 Å². The third-order valence-electron chi connectivity index (χ3n) is 3.59. The lowest BCUT2D eigenvalue weighted by molar-refractivity contribution is 0.628. The predicted molar refractivity (Wildman–Crippen MR) is 98.8 cm³/mol. The van der Waals surface area contributed by atoms with Gasteiger partial charge in [-0.3, -0.25) is 5.10 Å². The Labute approximate surface area is 156 Å². The van der Waals surface area contributed by atoms with E-state index in [1.165, 1.54) is 41.3 Å². The number of hydrogen-bond acceptors (Lipinski definition) is 5. The molecule has 2 aromatic heterocycles. The summed E-state index contributed by atoms with van der Waals surface area (Å²) in [6, 6.07) is 12.7. The van der Waals surface area contributed by atoms with E-state index in [4.69, 9.17) is 0 Å². The second-order valence-electron chi connectivity index (χ2n) is 5.39. The van der Waals surface area contributed by atoms with Gasteiger partial charge in [0.05, 0.1) is 11.3 Å². The number of benzene rings is 2. The van der Waals surface area contributed by atoms with Gasteiger partial charge in [0.2, 0.25) is 5.16 Å². The van der Waals surface area contributed by atoms with Crippen molar-refractivity contribution in [3.8, 4) is 22.0 Å². The van der Waals surface area contributed by atoms with Gasteiger partial charge < -0.3 is 0 Å². The highest BCUT2D eigenvalue weighted by molar-refractivity contribution is 7.98. The van der Waals surface area contributed by atoms with Crippen molar-refractivity contribution < 1.29 is 8.78 Å². The third kappa shape index (κ3) is 3.66. The smallest absolute Gasteiger partial charge is 0.209 e. The summed E-state index contributed by atoms with van der Waals surface area (Å²) >= 11 is 2.92. The Morgan fingerprint density at radius 2 is 1.81 bits per heavy atom. The highest BCUT2D eigenvalue weighted by atomic mass is 32.2. The molecule has 130 valence electrons. The first-order chi connectivity index (χ1) is 12.7. The molecule has 0 bridgehead atoms. The lowest BCUT2D eigenvalue weighted by Crippen LogP contribution is -1.85. The first-order valence-electron chi connectivity index (χ1n) is 7.69. The molecule has 0 radical (unpaired) electrons. The second kappa shape index (κ2) is 7.35. The van der Waals surface area contributed by atoms with Crippen molar-refractivity contribution in [2.24, 2.45) is 0 Å². The van der Waals surface area contributed by atoms with Crippen LogP contribution in [0.25, 0.3) is 22.0 Å². The largest absolute Gasteiger partial charge is 0.258 e. The summed E-state index contributed by atoms with van der Waals surface area (Å²) in [5.74, 6) is 0.377. The Bertz CT molecular complexity index is 1030. The van der Waals surface area contributed by atoms with Gasteiger partial charge in [0.1, 0.15) is 16.6 Å². The number of aromatic nitrogens is 4. The number of rotatable bonds is 5. The number of aromatic amines is 1. The highest BCUT2D eigenvalue weighted by Crippen LogP contribution is 2.28. The molecule has 0 amide bonds. The summed E-state index contributed by atoms with van der Waals surface area (Å²) in [4.78, 5) is 8.88. The third-order valence-corrected chi connectivity index (χ3v) is 5.41. The molecule has 2 heterocycles. The zero-order chi connectivity index (χ0) is 17.9. The highest BCUT2D eigenvalue weighted by Gasteiger charge is 2.11. The molecule has 0 saturated heterocycles. The molecule has 0 aliphatic carbocycles. The normalized spacial score (nSPS) is 11.0. The van der Waals surface area contributed by atoms with E-state index in [1.807, 2.05) is 5.38 Å². The molecule has 0 saturated carbocycles. The van der Waals surface area contributed by atoms with Gasteiger partial charge in [0.15, 0.2) is 5.82 Å². The van der Waals surface area contributed by atoms with Crippen LogP contribution in [0.15, 0.2) is 59.1 Å². The van der Waals surface area contributed by atoms with Crippen molar-refractivity contribution in [2.45, 2.75) is 10.9 Å². The quantitative estimate of drug-likeness (QED) is 0.481. The maximum Gasteiger partial charge on any atom is 0.209 e. The zero-order valence-electron chi connectivity index (χ0n) is 13.3. The van der Waals surface area contributed by atoms with Gasteiger partial charge in [-0.25, -0.2) is 18.7 Å². The van der Waals surface area contributed by atoms with Crippen LogP contribution in [-0.2, 0) is 5.75 Å². The maximum atomic E-state index is 13.8. The lowest BCUT2D eigenvalue weighted by Gasteiger charge is -1.97. The molecule has 1 N–H and O–H groups in total. The summed E-state index contributed by atoms with van der Waals surface area (Å²) in [6.07, 6.45) is 0. The van der Waals surface area contributed by atoms with Gasteiger partial charge in [0, 0.05) is 16.7 Å². The summed E-state index contributed by atoms with van der Waals surface area (Å²) in [5.41, 5.74) is 2.16. The van der Waals surface area contributed by atoms with Crippen LogP contribution < -0.4 is 0 Å². The van der Waals surface area contributed by atoms with E-state index >= 15 is 0 Å². The van der Waals surface area contributed by atoms with E-state index in [2.05, 4.69) is 20.2 Å². The minimum Gasteiger partial charge on any atom is -0.258 e. The van der Waals surface area contributed by atoms with Crippen molar-refractivity contribution in [1.82, 2.24) is 20.2 Å². The number of nitrogens with zero attached hydrogens (tertiary/aromatic N) is 3. The predicted octanol–water partition coefficient (Wildman–Crippen LogP) is 5.17. The summed E-state index contributed by atoms with van der Waals surface area (Å²) in [5, 5.41) is 10.2. The van der Waals surface area contributed by atoms with E-state index in [-0.39, 0.29) is 11.6 Å². The Kier molecular flexibility index (Phi) is 4.77. The van der Waals surface area contributed by atoms with Gasteiger partial charge in [0.25, 0.3) is 0 Å². The van der Waals surface area contributed by atoms with Crippen LogP contribution in [0.2, 0.25) is 0 Å². The van der Waals surface area contributed by atoms with Crippen LogP contribution in [0.5, 0.6) is 0 Å². The molecule has 4 nitrogen and oxygen atoms in total. The molecule has 0 atom stereocenters. The standard InChI is InChI=1S/C18H12F2N4S2/c19-12-7-5-11(6-8-12)17-21-13(9-25-17)10-26-18-22-16(23-24-18)14-3-1-2-4-15(14)20/h1-9H,10H2,(H,22,23,24). The molecule has 0 fully saturated rings. The van der Waals surface area contributed by atoms with Crippen LogP contribution in [0.1, 0.15) is 5.69 Å². The molecular formula is C18H12F2N4S2. The molecule has 4 rings (SSSR count). The molecular weight excluding hydrogens is 374 g/mol. The van der Waals surface area contributed by atoms with Gasteiger partial charge in [-0.1, -0.05) is 23.9 Å². The van der Waals surface area contributed by atoms with Crippen molar-refractivity contribution in [3.63, 3.8) is 0 Å². The van der Waals surface area contributed by atoms with E-state index in [1.54, 1.807) is 30.3 Å². The van der Waals surface area contributed by atoms with Gasteiger partial charge in [-0.05, 0) is 36.4 Å². The second-order valence-corrected chi connectivity index (χ2v) is 7.19. The van der Waals surface area contributed by atoms with Crippen molar-refractivity contribution in [3.05, 3.63) is 71.2 Å². The van der Waals surface area contributed by atoms with Crippen LogP contribution in [-0.4, -0.2) is 20.2 Å². The Morgan fingerprint density at radius 3 is 2.62 bits per heavy atom. The number of nitrogens with one attached hydrogen (secondary N) is 1. The van der Waals surface area contributed by atoms with Gasteiger partial charge >= 0.3 is 0 Å². The van der Waals surface area contributed by atoms with Crippen molar-refractivity contribution in [1.29, 1.82) is 0 Å². The average Bonchev–Trinajstić information content (AvgIpc) is 3.30. The Balaban J connectivity index is 1.44. The average molecular weight is 386 g/mol. The Morgan fingerprint density at radius 1 is 1.00 bits per heavy atom. The number of thiazole rings is 1. The molecule has 4 aromatic rings. The van der Waals surface area contributed by atoms with Crippen LogP contribution in [0.4, 0.5) is 8.78 Å². The molecule has 0 unspecified atom stereocenters. The molecule has 0 spiro atoms. The topological polar surface area (TPSA) is 54.5 Å². The minimum absolute atomic E-state index is 0.267. The molecule has 0 aliphatic rings. The molecule has 0 aliphatic heterocycles. The first kappa shape index (κ1) is 16.9. The molecule has 26 heavy (non-hydrogen) atoms. The summed E-state index contributed by atoms with van der Waals surface area (Å²) in [6.45, 7) is 0. The number of hydrogen-bond donors (Lipinski definition) is 1. The number of thioether (sulfide) groups is 1. The summed E-state index contributed by atoms with van der Waals surface area (Å²) in [7, 11) is 0. The van der Waals surface area contributed by atoms with Crippen LogP contribution in [0, 0.1) is 11.6 Å². The minimum atomic E-state index is -0.344. The van der Waals surface area contributed by atoms with Crippen molar-refractivity contribution in [2.75, 3.05) is 0 Å². The number of H-pyrrole nitrogens is 1. The first-order valence-corrected chi connectivity index (χ1v) is 9.56. The van der Waals surface area contributed by atoms with Gasteiger partial charge in [-0.15, -0.1) is 16.4 Å². The van der Waals surface area contributed by atoms with Crippen molar-refractivity contribution >= 4 is 23.1 Å². The fourth-order valence-electron chi connectivity index (χ4n) is 2.32. The van der Waals surface area contributed by atoms with Gasteiger partial charge in [-0.2, -0.15) is 0 Å². The maximum absolute atomic E-state index is 13.8. The van der Waals surface area contributed by atoms with E-state index in [0.717, 1.165) is 16.3 Å². The monoisotopic (exact) mass is 386 g/mol. The van der Waals surface area contributed by atoms with Crippen LogP contribution in [0.3, 0.4) is 0 Å². The number of halogens is 2. The lowest BCUT2D eigenvalue weighted by atomic mass is 10.2.